The summed E-state index contributed by atoms with van der Waals surface area (Å²) in [6.07, 6.45) is 0.484. The second-order valence-electron chi connectivity index (χ2n) is 3.54. The van der Waals surface area contributed by atoms with Gasteiger partial charge in [-0.1, -0.05) is 18.2 Å². The van der Waals surface area contributed by atoms with Gasteiger partial charge in [-0.25, -0.2) is 9.97 Å². The molecule has 1 aromatic heterocycles. The number of aromatic nitrogens is 2. The SMILES string of the molecule is C=CC(F)(F)c1nc2ccc(OC)cc2nc1Cl. The molecule has 2 rings (SSSR count). The quantitative estimate of drug-likeness (QED) is 0.800. The zero-order valence-corrected chi connectivity index (χ0v) is 10.2. The second kappa shape index (κ2) is 4.49. The van der Waals surface area contributed by atoms with Crippen molar-refractivity contribution in [3.63, 3.8) is 0 Å². The van der Waals surface area contributed by atoms with E-state index in [4.69, 9.17) is 16.3 Å². The van der Waals surface area contributed by atoms with Crippen LogP contribution in [0.15, 0.2) is 30.9 Å². The van der Waals surface area contributed by atoms with Crippen LogP contribution in [0.3, 0.4) is 0 Å². The molecule has 0 saturated carbocycles. The second-order valence-corrected chi connectivity index (χ2v) is 3.90. The third-order valence-corrected chi connectivity index (χ3v) is 2.66. The summed E-state index contributed by atoms with van der Waals surface area (Å²) in [6.45, 7) is 3.06. The van der Waals surface area contributed by atoms with Gasteiger partial charge in [0.1, 0.15) is 5.75 Å². The highest BCUT2D eigenvalue weighted by Crippen LogP contribution is 2.33. The molecule has 94 valence electrons. The minimum Gasteiger partial charge on any atom is -0.497 e. The van der Waals surface area contributed by atoms with Crippen molar-refractivity contribution in [1.29, 1.82) is 0 Å². The van der Waals surface area contributed by atoms with Crippen molar-refractivity contribution in [3.05, 3.63) is 41.7 Å². The molecule has 0 N–H and O–H groups in total. The standard InChI is InChI=1S/C12H9ClF2N2O/c1-3-12(14,15)10-11(13)17-9-6-7(18-2)4-5-8(9)16-10/h3-6H,1H2,2H3. The van der Waals surface area contributed by atoms with E-state index >= 15 is 0 Å². The third kappa shape index (κ3) is 2.13. The van der Waals surface area contributed by atoms with E-state index in [1.807, 2.05) is 0 Å². The number of benzene rings is 1. The first-order valence-electron chi connectivity index (χ1n) is 5.01. The van der Waals surface area contributed by atoms with E-state index in [0.29, 0.717) is 22.9 Å². The van der Waals surface area contributed by atoms with E-state index in [9.17, 15) is 8.78 Å². The lowest BCUT2D eigenvalue weighted by atomic mass is 10.2. The summed E-state index contributed by atoms with van der Waals surface area (Å²) in [7, 11) is 1.50. The molecule has 1 aromatic carbocycles. The molecule has 0 aliphatic heterocycles. The fraction of sp³-hybridized carbons (Fsp3) is 0.167. The average molecular weight is 271 g/mol. The van der Waals surface area contributed by atoms with Crippen LogP contribution in [0.4, 0.5) is 8.78 Å². The first-order chi connectivity index (χ1) is 8.47. The van der Waals surface area contributed by atoms with Crippen LogP contribution in [0.5, 0.6) is 5.75 Å². The molecule has 0 aliphatic rings. The van der Waals surface area contributed by atoms with E-state index < -0.39 is 11.6 Å². The summed E-state index contributed by atoms with van der Waals surface area (Å²) >= 11 is 5.72. The molecular formula is C12H9ClF2N2O. The molecule has 3 nitrogen and oxygen atoms in total. The summed E-state index contributed by atoms with van der Waals surface area (Å²) in [5.41, 5.74) is 0.108. The maximum absolute atomic E-state index is 13.5. The Bertz CT molecular complexity index is 616. The van der Waals surface area contributed by atoms with Gasteiger partial charge in [0.05, 0.1) is 18.1 Å². The topological polar surface area (TPSA) is 35.0 Å². The van der Waals surface area contributed by atoms with Gasteiger partial charge in [-0.2, -0.15) is 8.78 Å². The number of hydrogen-bond acceptors (Lipinski definition) is 3. The lowest BCUT2D eigenvalue weighted by Gasteiger charge is -2.12. The van der Waals surface area contributed by atoms with Crippen LogP contribution in [0.25, 0.3) is 11.0 Å². The first-order valence-corrected chi connectivity index (χ1v) is 5.39. The van der Waals surface area contributed by atoms with E-state index in [0.717, 1.165) is 0 Å². The molecule has 0 spiro atoms. The highest BCUT2D eigenvalue weighted by atomic mass is 35.5. The van der Waals surface area contributed by atoms with E-state index in [1.54, 1.807) is 18.2 Å². The zero-order valence-electron chi connectivity index (χ0n) is 9.45. The predicted octanol–water partition coefficient (Wildman–Crippen LogP) is 3.57. The minimum absolute atomic E-state index is 0.316. The summed E-state index contributed by atoms with van der Waals surface area (Å²) in [5.74, 6) is -2.76. The van der Waals surface area contributed by atoms with Crippen LogP contribution in [0.2, 0.25) is 5.15 Å². The fourth-order valence-corrected chi connectivity index (χ4v) is 1.71. The van der Waals surface area contributed by atoms with E-state index in [1.165, 1.54) is 7.11 Å². The Morgan fingerprint density at radius 3 is 2.67 bits per heavy atom. The summed E-state index contributed by atoms with van der Waals surface area (Å²) in [5, 5.41) is -0.347. The molecule has 0 fully saturated rings. The van der Waals surface area contributed by atoms with Crippen LogP contribution in [-0.4, -0.2) is 17.1 Å². The number of halogens is 3. The molecule has 0 aliphatic carbocycles. The van der Waals surface area contributed by atoms with Crippen molar-refractivity contribution >= 4 is 22.6 Å². The van der Waals surface area contributed by atoms with Gasteiger partial charge in [0.25, 0.3) is 0 Å². The number of methoxy groups -OCH3 is 1. The molecule has 0 amide bonds. The number of fused-ring (bicyclic) bond motifs is 1. The molecule has 0 atom stereocenters. The summed E-state index contributed by atoms with van der Waals surface area (Å²) in [4.78, 5) is 7.72. The Kier molecular flexibility index (Phi) is 3.17. The highest BCUT2D eigenvalue weighted by molar-refractivity contribution is 6.30. The molecule has 2 aromatic rings. The molecule has 6 heteroatoms. The Balaban J connectivity index is 2.67. The van der Waals surface area contributed by atoms with E-state index in [2.05, 4.69) is 16.5 Å². The molecular weight excluding hydrogens is 262 g/mol. The van der Waals surface area contributed by atoms with Crippen molar-refractivity contribution in [1.82, 2.24) is 9.97 Å². The average Bonchev–Trinajstić information content (AvgIpc) is 2.37. The lowest BCUT2D eigenvalue weighted by molar-refractivity contribution is 0.0477. The molecule has 0 radical (unpaired) electrons. The Morgan fingerprint density at radius 2 is 2.06 bits per heavy atom. The molecule has 18 heavy (non-hydrogen) atoms. The van der Waals surface area contributed by atoms with Crippen LogP contribution in [-0.2, 0) is 5.92 Å². The maximum atomic E-state index is 13.5. The van der Waals surface area contributed by atoms with Crippen LogP contribution < -0.4 is 4.74 Å². The fourth-order valence-electron chi connectivity index (χ4n) is 1.45. The Hall–Kier alpha value is -1.75. The van der Waals surface area contributed by atoms with Gasteiger partial charge in [0.2, 0.25) is 0 Å². The number of nitrogens with zero attached hydrogens (tertiary/aromatic N) is 2. The van der Waals surface area contributed by atoms with Gasteiger partial charge in [-0.15, -0.1) is 0 Å². The van der Waals surface area contributed by atoms with Crippen molar-refractivity contribution in [2.45, 2.75) is 5.92 Å². The van der Waals surface area contributed by atoms with Gasteiger partial charge >= 0.3 is 5.92 Å². The van der Waals surface area contributed by atoms with Gasteiger partial charge in [0.15, 0.2) is 10.8 Å². The third-order valence-electron chi connectivity index (χ3n) is 2.40. The molecule has 0 unspecified atom stereocenters. The highest BCUT2D eigenvalue weighted by Gasteiger charge is 2.33. The van der Waals surface area contributed by atoms with Gasteiger partial charge in [0, 0.05) is 6.07 Å². The van der Waals surface area contributed by atoms with Gasteiger partial charge in [-0.05, 0) is 18.2 Å². The first kappa shape index (κ1) is 12.7. The van der Waals surface area contributed by atoms with Crippen LogP contribution >= 0.6 is 11.6 Å². The van der Waals surface area contributed by atoms with Crippen LogP contribution in [0, 0.1) is 0 Å². The van der Waals surface area contributed by atoms with E-state index in [-0.39, 0.29) is 5.15 Å². The molecule has 0 saturated heterocycles. The summed E-state index contributed by atoms with van der Waals surface area (Å²) in [6, 6.07) is 4.73. The maximum Gasteiger partial charge on any atom is 0.310 e. The number of hydrogen-bond donors (Lipinski definition) is 0. The number of rotatable bonds is 3. The molecule has 1 heterocycles. The predicted molar refractivity (Wildman–Crippen MR) is 65.2 cm³/mol. The van der Waals surface area contributed by atoms with Gasteiger partial charge in [-0.3, -0.25) is 0 Å². The normalized spacial score (nSPS) is 11.6. The largest absolute Gasteiger partial charge is 0.497 e. The zero-order chi connectivity index (χ0) is 13.3. The molecule has 0 bridgehead atoms. The monoisotopic (exact) mass is 270 g/mol. The van der Waals surface area contributed by atoms with Crippen molar-refractivity contribution in [2.75, 3.05) is 7.11 Å². The Morgan fingerprint density at radius 1 is 1.33 bits per heavy atom. The van der Waals surface area contributed by atoms with Crippen LogP contribution in [0.1, 0.15) is 5.69 Å². The number of alkyl halides is 2. The number of ether oxygens (including phenoxy) is 1. The lowest BCUT2D eigenvalue weighted by Crippen LogP contribution is -2.13. The van der Waals surface area contributed by atoms with Crippen molar-refractivity contribution in [2.24, 2.45) is 0 Å². The smallest absolute Gasteiger partial charge is 0.310 e. The van der Waals surface area contributed by atoms with Crippen molar-refractivity contribution in [3.8, 4) is 5.75 Å². The minimum atomic E-state index is -3.31. The Labute approximate surface area is 107 Å². The summed E-state index contributed by atoms with van der Waals surface area (Å²) < 4.78 is 32.0. The number of allylic oxidation sites excluding steroid dienone is 1. The van der Waals surface area contributed by atoms with Crippen molar-refractivity contribution < 1.29 is 13.5 Å². The van der Waals surface area contributed by atoms with Gasteiger partial charge < -0.3 is 4.74 Å².